The number of rotatable bonds is 0. The molecule has 34 valence electrons. The molecule has 0 unspecified atom stereocenters. The van der Waals surface area contributed by atoms with E-state index in [0.29, 0.717) is 0 Å². The largest absolute Gasteiger partial charge is 0.344 e. The van der Waals surface area contributed by atoms with Gasteiger partial charge in [-0.15, -0.1) is 0 Å². The first kappa shape index (κ1) is 18.6. The predicted molar refractivity (Wildman–Crippen MR) is 26.6 cm³/mol. The van der Waals surface area contributed by atoms with Crippen molar-refractivity contribution in [2.24, 2.45) is 0 Å². The van der Waals surface area contributed by atoms with Crippen molar-refractivity contribution in [2.45, 2.75) is 0 Å². The van der Waals surface area contributed by atoms with E-state index in [1.165, 1.54) is 12.1 Å². The number of hydrogen-bond donors (Lipinski definition) is 1. The second-order valence-electron chi connectivity index (χ2n) is 0.224. The molecule has 0 aliphatic carbocycles. The molecular weight excluding hydrogens is 98.1 g/mol. The Labute approximate surface area is 43.2 Å². The summed E-state index contributed by atoms with van der Waals surface area (Å²) >= 11 is 0. The van der Waals surface area contributed by atoms with Crippen LogP contribution in [0.4, 0.5) is 0 Å². The number of nitrogens with zero attached hydrogens (tertiary/aromatic N) is 2. The third-order valence-electron chi connectivity index (χ3n) is 0.0500. The van der Waals surface area contributed by atoms with E-state index < -0.39 is 0 Å². The monoisotopic (exact) mass is 103 g/mol. The third-order valence-corrected chi connectivity index (χ3v) is 0.0500. The van der Waals surface area contributed by atoms with Crippen molar-refractivity contribution < 1.29 is 0 Å². The Morgan fingerprint density at radius 1 is 1.00 bits per heavy atom. The predicted octanol–water partition coefficient (Wildman–Crippen LogP) is 0.308. The summed E-state index contributed by atoms with van der Waals surface area (Å²) in [6.07, 6.45) is 0. The molecule has 0 aromatic carbocycles. The molecule has 0 aliphatic rings. The zero-order valence-electron chi connectivity index (χ0n) is 3.10. The molecular formula is C2H5N3S. The summed E-state index contributed by atoms with van der Waals surface area (Å²) in [7, 11) is 0. The van der Waals surface area contributed by atoms with Gasteiger partial charge in [-0.25, -0.2) is 0 Å². The van der Waals surface area contributed by atoms with Crippen LogP contribution in [-0.2, 0) is 0 Å². The highest BCUT2D eigenvalue weighted by Gasteiger charge is 1.39. The Balaban J connectivity index is -0.0000000450. The van der Waals surface area contributed by atoms with Gasteiger partial charge >= 0.3 is 0 Å². The van der Waals surface area contributed by atoms with Crippen LogP contribution >= 0.6 is 13.5 Å². The van der Waals surface area contributed by atoms with Gasteiger partial charge in [0.15, 0.2) is 12.1 Å². The maximum absolute atomic E-state index is 7.26. The maximum atomic E-state index is 7.26. The highest BCUT2D eigenvalue weighted by Crippen LogP contribution is 1.27. The molecule has 0 saturated heterocycles. The summed E-state index contributed by atoms with van der Waals surface area (Å²) in [5.74, 6) is 0. The first-order valence-corrected chi connectivity index (χ1v) is 0.697. The lowest BCUT2D eigenvalue weighted by atomic mass is 10.9. The van der Waals surface area contributed by atoms with Gasteiger partial charge in [0.2, 0.25) is 0 Å². The molecule has 0 aliphatic heterocycles. The zero-order valence-corrected chi connectivity index (χ0v) is 4.10. The molecule has 0 spiro atoms. The molecule has 0 aromatic rings. The summed E-state index contributed by atoms with van der Waals surface area (Å²) in [6, 6.07) is 2.47. The quantitative estimate of drug-likeness (QED) is 0.479. The van der Waals surface area contributed by atoms with E-state index in [0.717, 1.165) is 0 Å². The molecule has 0 heterocycles. The molecule has 0 amide bonds. The lowest BCUT2D eigenvalue weighted by Gasteiger charge is -1.16. The van der Waals surface area contributed by atoms with E-state index in [1.54, 1.807) is 0 Å². The molecule has 0 rings (SSSR count). The third kappa shape index (κ3) is 205. The summed E-state index contributed by atoms with van der Waals surface area (Å²) in [6.45, 7) is 0. The first-order chi connectivity index (χ1) is 1.91. The summed E-state index contributed by atoms with van der Waals surface area (Å²) in [5.41, 5.74) is 0. The van der Waals surface area contributed by atoms with E-state index in [4.69, 9.17) is 10.5 Å². The zero-order chi connectivity index (χ0) is 3.41. The molecule has 0 aromatic heterocycles. The number of hydrogen-bond acceptors (Lipinski definition) is 3. The van der Waals surface area contributed by atoms with Gasteiger partial charge in [0.05, 0.1) is 0 Å². The van der Waals surface area contributed by atoms with Gasteiger partial charge in [-0.1, -0.05) is 0 Å². The Morgan fingerprint density at radius 3 is 1.17 bits per heavy atom. The molecule has 0 bridgehead atoms. The molecule has 0 fully saturated rings. The molecule has 4 heteroatoms. The molecule has 3 N–H and O–H groups in total. The van der Waals surface area contributed by atoms with Crippen LogP contribution in [0.3, 0.4) is 0 Å². The fraction of sp³-hybridized carbons (Fsp3) is 0. The SMILES string of the molecule is N.N#CC#N.S. The van der Waals surface area contributed by atoms with Gasteiger partial charge in [-0.3, -0.25) is 0 Å². The fourth-order valence-electron chi connectivity index (χ4n) is 0. The average Bonchev–Trinajstić information content (AvgIpc) is 1.37. The van der Waals surface area contributed by atoms with Crippen molar-refractivity contribution >= 4 is 13.5 Å². The Kier molecular flexibility index (Phi) is 86.3. The van der Waals surface area contributed by atoms with Crippen molar-refractivity contribution in [2.75, 3.05) is 0 Å². The van der Waals surface area contributed by atoms with Gasteiger partial charge in [0, 0.05) is 0 Å². The standard InChI is InChI=1S/C2N2.H3N.H2S/c3-1-2-4;;/h;1H3;1H2. The van der Waals surface area contributed by atoms with Gasteiger partial charge in [-0.2, -0.15) is 24.0 Å². The van der Waals surface area contributed by atoms with Crippen LogP contribution in [-0.4, -0.2) is 0 Å². The molecule has 0 radical (unpaired) electrons. The van der Waals surface area contributed by atoms with Crippen molar-refractivity contribution in [3.05, 3.63) is 0 Å². The Morgan fingerprint density at radius 2 is 1.17 bits per heavy atom. The highest BCUT2D eigenvalue weighted by molar-refractivity contribution is 7.59. The topological polar surface area (TPSA) is 82.6 Å². The Bertz CT molecular complexity index is 63.8. The summed E-state index contributed by atoms with van der Waals surface area (Å²) < 4.78 is 0. The fourth-order valence-corrected chi connectivity index (χ4v) is 0. The maximum Gasteiger partial charge on any atom is 0.181 e. The van der Waals surface area contributed by atoms with Crippen LogP contribution in [0.15, 0.2) is 0 Å². The van der Waals surface area contributed by atoms with Gasteiger partial charge < -0.3 is 6.15 Å². The van der Waals surface area contributed by atoms with Crippen LogP contribution in [0.25, 0.3) is 0 Å². The molecule has 6 heavy (non-hydrogen) atoms. The minimum absolute atomic E-state index is 0. The lowest BCUT2D eigenvalue weighted by molar-refractivity contribution is 1.49. The van der Waals surface area contributed by atoms with E-state index in [2.05, 4.69) is 0 Å². The van der Waals surface area contributed by atoms with Gasteiger partial charge in [-0.05, 0) is 0 Å². The lowest BCUT2D eigenvalue weighted by Crippen LogP contribution is -1.26. The normalized spacial score (nSPS) is 1.67. The summed E-state index contributed by atoms with van der Waals surface area (Å²) in [5, 5.41) is 14.5. The van der Waals surface area contributed by atoms with E-state index in [-0.39, 0.29) is 19.6 Å². The minimum atomic E-state index is 0. The van der Waals surface area contributed by atoms with E-state index in [9.17, 15) is 0 Å². The highest BCUT2D eigenvalue weighted by atomic mass is 32.1. The van der Waals surface area contributed by atoms with Crippen LogP contribution in [0, 0.1) is 22.7 Å². The molecule has 0 atom stereocenters. The molecule has 0 saturated carbocycles. The van der Waals surface area contributed by atoms with Gasteiger partial charge in [0.25, 0.3) is 0 Å². The smallest absolute Gasteiger partial charge is 0.181 e. The van der Waals surface area contributed by atoms with Crippen LogP contribution in [0.2, 0.25) is 0 Å². The van der Waals surface area contributed by atoms with Crippen molar-refractivity contribution in [3.63, 3.8) is 0 Å². The number of nitriles is 2. The van der Waals surface area contributed by atoms with Gasteiger partial charge in [0.1, 0.15) is 0 Å². The van der Waals surface area contributed by atoms with Crippen molar-refractivity contribution in [1.29, 1.82) is 10.5 Å². The van der Waals surface area contributed by atoms with E-state index in [1.807, 2.05) is 0 Å². The summed E-state index contributed by atoms with van der Waals surface area (Å²) in [4.78, 5) is 0. The average molecular weight is 103 g/mol. The second-order valence-corrected chi connectivity index (χ2v) is 0.224. The van der Waals surface area contributed by atoms with Crippen molar-refractivity contribution in [1.82, 2.24) is 6.15 Å². The van der Waals surface area contributed by atoms with Crippen molar-refractivity contribution in [3.8, 4) is 12.1 Å². The Hall–Kier alpha value is -0.710. The molecule has 3 nitrogen and oxygen atoms in total. The van der Waals surface area contributed by atoms with E-state index >= 15 is 0 Å². The van der Waals surface area contributed by atoms with Crippen LogP contribution < -0.4 is 6.15 Å². The minimum Gasteiger partial charge on any atom is -0.344 e. The second kappa shape index (κ2) is 27.9. The first-order valence-electron chi connectivity index (χ1n) is 0.697. The van der Waals surface area contributed by atoms with Crippen LogP contribution in [0.5, 0.6) is 0 Å². The van der Waals surface area contributed by atoms with Crippen LogP contribution in [0.1, 0.15) is 0 Å².